The number of hydrogen-bond donors (Lipinski definition) is 1. The zero-order chi connectivity index (χ0) is 17.8. The molecule has 1 aliphatic rings. The van der Waals surface area contributed by atoms with E-state index < -0.39 is 5.82 Å². The molecule has 1 heterocycles. The molecule has 4 nitrogen and oxygen atoms in total. The third-order valence-electron chi connectivity index (χ3n) is 4.39. The van der Waals surface area contributed by atoms with Gasteiger partial charge in [0, 0.05) is 38.4 Å². The molecule has 0 unspecified atom stereocenters. The van der Waals surface area contributed by atoms with Crippen LogP contribution in [0.2, 0.25) is 5.02 Å². The summed E-state index contributed by atoms with van der Waals surface area (Å²) in [4.78, 5) is 17.0. The van der Waals surface area contributed by atoms with Gasteiger partial charge in [-0.05, 0) is 42.9 Å². The van der Waals surface area contributed by atoms with Gasteiger partial charge in [0.05, 0.1) is 10.6 Å². The van der Waals surface area contributed by atoms with E-state index in [1.54, 1.807) is 0 Å². The molecule has 2 aromatic rings. The fourth-order valence-electron chi connectivity index (χ4n) is 2.83. The molecule has 1 saturated heterocycles. The molecule has 1 aliphatic heterocycles. The quantitative estimate of drug-likeness (QED) is 0.905. The Morgan fingerprint density at radius 3 is 2.44 bits per heavy atom. The van der Waals surface area contributed by atoms with E-state index in [-0.39, 0.29) is 16.5 Å². The van der Waals surface area contributed by atoms with Crippen molar-refractivity contribution in [1.82, 2.24) is 9.80 Å². The number of nitrogens with zero attached hydrogens (tertiary/aromatic N) is 2. The van der Waals surface area contributed by atoms with E-state index in [0.29, 0.717) is 5.69 Å². The van der Waals surface area contributed by atoms with E-state index in [4.69, 9.17) is 11.6 Å². The Hall–Kier alpha value is -1.95. The van der Waals surface area contributed by atoms with Crippen molar-refractivity contribution in [1.29, 1.82) is 0 Å². The predicted octanol–water partition coefficient (Wildman–Crippen LogP) is 3.48. The molecule has 0 saturated carbocycles. The zero-order valence-electron chi connectivity index (χ0n) is 14.1. The molecule has 1 fully saturated rings. The molecule has 6 heteroatoms. The molecule has 0 bridgehead atoms. The molecule has 132 valence electrons. The molecule has 0 atom stereocenters. The average Bonchev–Trinajstić information content (AvgIpc) is 2.58. The Balaban J connectivity index is 1.59. The first-order chi connectivity index (χ1) is 12.0. The molecular weight excluding hydrogens is 341 g/mol. The van der Waals surface area contributed by atoms with Crippen molar-refractivity contribution in [2.75, 3.05) is 38.5 Å². The van der Waals surface area contributed by atoms with Crippen molar-refractivity contribution < 1.29 is 9.18 Å². The summed E-state index contributed by atoms with van der Waals surface area (Å²) in [6.07, 6.45) is 0. The second kappa shape index (κ2) is 7.95. The van der Waals surface area contributed by atoms with E-state index >= 15 is 0 Å². The first kappa shape index (κ1) is 17.9. The normalized spacial score (nSPS) is 16.0. The van der Waals surface area contributed by atoms with E-state index in [1.807, 2.05) is 24.3 Å². The molecule has 1 amide bonds. The number of benzene rings is 2. The van der Waals surface area contributed by atoms with Crippen LogP contribution in [0, 0.1) is 5.82 Å². The summed E-state index contributed by atoms with van der Waals surface area (Å²) in [6.45, 7) is 5.22. The summed E-state index contributed by atoms with van der Waals surface area (Å²) in [5.41, 5.74) is 2.15. The summed E-state index contributed by atoms with van der Waals surface area (Å²) in [5, 5.41) is 2.89. The fraction of sp³-hybridized carbons (Fsp3) is 0.316. The van der Waals surface area contributed by atoms with Gasteiger partial charge in [0.15, 0.2) is 0 Å². The molecular formula is C19H21ClFN3O. The Morgan fingerprint density at radius 2 is 1.80 bits per heavy atom. The van der Waals surface area contributed by atoms with E-state index in [2.05, 4.69) is 22.2 Å². The minimum atomic E-state index is -0.463. The van der Waals surface area contributed by atoms with Gasteiger partial charge in [-0.25, -0.2) is 4.39 Å². The minimum absolute atomic E-state index is 0.101. The van der Waals surface area contributed by atoms with Crippen LogP contribution in [-0.4, -0.2) is 48.9 Å². The SMILES string of the molecule is CN1CCN(Cc2ccc(NC(=O)c3ccc(F)cc3Cl)cc2)CC1. The van der Waals surface area contributed by atoms with Gasteiger partial charge in [-0.1, -0.05) is 23.7 Å². The van der Waals surface area contributed by atoms with Crippen molar-refractivity contribution in [3.63, 3.8) is 0 Å². The molecule has 2 aromatic carbocycles. The van der Waals surface area contributed by atoms with Crippen LogP contribution in [0.1, 0.15) is 15.9 Å². The molecule has 1 N–H and O–H groups in total. The number of amides is 1. The number of anilines is 1. The number of rotatable bonds is 4. The predicted molar refractivity (Wildman–Crippen MR) is 98.6 cm³/mol. The summed E-state index contributed by atoms with van der Waals surface area (Å²) >= 11 is 5.92. The van der Waals surface area contributed by atoms with E-state index in [0.717, 1.165) is 38.8 Å². The topological polar surface area (TPSA) is 35.6 Å². The molecule has 25 heavy (non-hydrogen) atoms. The standard InChI is InChI=1S/C19H21ClFN3O/c1-23-8-10-24(11-9-23)13-14-2-5-16(6-3-14)22-19(25)17-7-4-15(21)12-18(17)20/h2-7,12H,8-11,13H2,1H3,(H,22,25). The summed E-state index contributed by atoms with van der Waals surface area (Å²) in [5.74, 6) is -0.813. The maximum absolute atomic E-state index is 13.1. The highest BCUT2D eigenvalue weighted by atomic mass is 35.5. The number of hydrogen-bond acceptors (Lipinski definition) is 3. The van der Waals surface area contributed by atoms with Gasteiger partial charge >= 0.3 is 0 Å². The van der Waals surface area contributed by atoms with Crippen LogP contribution in [0.25, 0.3) is 0 Å². The van der Waals surface area contributed by atoms with Crippen LogP contribution >= 0.6 is 11.6 Å². The maximum Gasteiger partial charge on any atom is 0.257 e. The van der Waals surface area contributed by atoms with Gasteiger partial charge < -0.3 is 10.2 Å². The largest absolute Gasteiger partial charge is 0.322 e. The number of likely N-dealkylation sites (N-methyl/N-ethyl adjacent to an activating group) is 1. The fourth-order valence-corrected chi connectivity index (χ4v) is 3.08. The summed E-state index contributed by atoms with van der Waals surface area (Å²) in [7, 11) is 2.14. The van der Waals surface area contributed by atoms with Gasteiger partial charge in [0.1, 0.15) is 5.82 Å². The highest BCUT2D eigenvalue weighted by Crippen LogP contribution is 2.19. The van der Waals surface area contributed by atoms with Crippen molar-refractivity contribution in [3.8, 4) is 0 Å². The molecule has 0 aromatic heterocycles. The van der Waals surface area contributed by atoms with E-state index in [9.17, 15) is 9.18 Å². The van der Waals surface area contributed by atoms with Crippen LogP contribution in [0.15, 0.2) is 42.5 Å². The number of carbonyl (C=O) groups is 1. The molecule has 3 rings (SSSR count). The van der Waals surface area contributed by atoms with Crippen LogP contribution in [-0.2, 0) is 6.54 Å². The van der Waals surface area contributed by atoms with Gasteiger partial charge in [-0.3, -0.25) is 9.69 Å². The lowest BCUT2D eigenvalue weighted by molar-refractivity contribution is 0.102. The maximum atomic E-state index is 13.1. The lowest BCUT2D eigenvalue weighted by Gasteiger charge is -2.32. The average molecular weight is 362 g/mol. The van der Waals surface area contributed by atoms with Gasteiger partial charge in [0.2, 0.25) is 0 Å². The van der Waals surface area contributed by atoms with E-state index in [1.165, 1.54) is 17.7 Å². The number of halogens is 2. The zero-order valence-corrected chi connectivity index (χ0v) is 14.9. The minimum Gasteiger partial charge on any atom is -0.322 e. The highest BCUT2D eigenvalue weighted by Gasteiger charge is 2.14. The van der Waals surface area contributed by atoms with Gasteiger partial charge in [-0.2, -0.15) is 0 Å². The molecule has 0 spiro atoms. The third-order valence-corrected chi connectivity index (χ3v) is 4.70. The highest BCUT2D eigenvalue weighted by molar-refractivity contribution is 6.34. The second-order valence-corrected chi connectivity index (χ2v) is 6.76. The van der Waals surface area contributed by atoms with Crippen LogP contribution in [0.5, 0.6) is 0 Å². The molecule has 0 radical (unpaired) electrons. The van der Waals surface area contributed by atoms with Crippen molar-refractivity contribution >= 4 is 23.2 Å². The van der Waals surface area contributed by atoms with Crippen molar-refractivity contribution in [2.24, 2.45) is 0 Å². The van der Waals surface area contributed by atoms with Crippen LogP contribution in [0.3, 0.4) is 0 Å². The van der Waals surface area contributed by atoms with Gasteiger partial charge in [-0.15, -0.1) is 0 Å². The Labute approximate surface area is 152 Å². The number of carbonyl (C=O) groups excluding carboxylic acids is 1. The number of nitrogens with one attached hydrogen (secondary N) is 1. The lowest BCUT2D eigenvalue weighted by Crippen LogP contribution is -2.43. The van der Waals surface area contributed by atoms with Crippen LogP contribution < -0.4 is 5.32 Å². The Kier molecular flexibility index (Phi) is 5.68. The first-order valence-corrected chi connectivity index (χ1v) is 8.65. The van der Waals surface area contributed by atoms with Crippen LogP contribution in [0.4, 0.5) is 10.1 Å². The summed E-state index contributed by atoms with van der Waals surface area (Å²) in [6, 6.07) is 11.5. The summed E-state index contributed by atoms with van der Waals surface area (Å²) < 4.78 is 13.1. The lowest BCUT2D eigenvalue weighted by atomic mass is 10.1. The second-order valence-electron chi connectivity index (χ2n) is 6.35. The van der Waals surface area contributed by atoms with Crippen molar-refractivity contribution in [2.45, 2.75) is 6.54 Å². The first-order valence-electron chi connectivity index (χ1n) is 8.27. The Morgan fingerprint density at radius 1 is 1.12 bits per heavy atom. The smallest absolute Gasteiger partial charge is 0.257 e. The third kappa shape index (κ3) is 4.78. The Bertz CT molecular complexity index is 743. The van der Waals surface area contributed by atoms with Gasteiger partial charge in [0.25, 0.3) is 5.91 Å². The monoisotopic (exact) mass is 361 g/mol. The van der Waals surface area contributed by atoms with Crippen molar-refractivity contribution in [3.05, 3.63) is 64.4 Å². The number of piperazine rings is 1. The molecule has 0 aliphatic carbocycles.